The van der Waals surface area contributed by atoms with Crippen molar-refractivity contribution in [3.8, 4) is 0 Å². The van der Waals surface area contributed by atoms with Crippen molar-refractivity contribution in [2.45, 2.75) is 12.8 Å². The van der Waals surface area contributed by atoms with E-state index in [9.17, 15) is 4.79 Å². The van der Waals surface area contributed by atoms with Gasteiger partial charge in [0.1, 0.15) is 5.69 Å². The predicted molar refractivity (Wildman–Crippen MR) is 44.7 cm³/mol. The molecule has 0 aromatic carbocycles. The molecule has 2 N–H and O–H groups in total. The van der Waals surface area contributed by atoms with Gasteiger partial charge in [-0.25, -0.2) is 10.5 Å². The molecule has 1 amide bonds. The molecule has 0 bridgehead atoms. The van der Waals surface area contributed by atoms with Crippen molar-refractivity contribution in [2.75, 3.05) is 6.61 Å². The number of nitrogens with one attached hydrogen (secondary N) is 2. The van der Waals surface area contributed by atoms with E-state index >= 15 is 0 Å². The topological polar surface area (TPSA) is 67.0 Å². The predicted octanol–water partition coefficient (Wildman–Crippen LogP) is 0.481. The monoisotopic (exact) mass is 181 g/mol. The Morgan fingerprint density at radius 1 is 1.77 bits per heavy atom. The summed E-state index contributed by atoms with van der Waals surface area (Å²) in [6, 6.07) is 0. The highest BCUT2D eigenvalue weighted by molar-refractivity contribution is 5.91. The fourth-order valence-corrected chi connectivity index (χ4v) is 0.945. The maximum atomic E-state index is 11.2. The molecule has 1 fully saturated rings. The third-order valence-electron chi connectivity index (χ3n) is 1.92. The summed E-state index contributed by atoms with van der Waals surface area (Å²) in [5, 5.41) is 0. The van der Waals surface area contributed by atoms with Gasteiger partial charge in [-0.15, -0.1) is 0 Å². The number of amides is 1. The molecule has 1 heterocycles. The molecule has 2 rings (SSSR count). The SMILES string of the molecule is O=C(NOCC1CC1)c1cnc[nH]1. The van der Waals surface area contributed by atoms with E-state index in [2.05, 4.69) is 15.4 Å². The molecule has 5 heteroatoms. The molecule has 70 valence electrons. The Balaban J connectivity index is 1.71. The summed E-state index contributed by atoms with van der Waals surface area (Å²) in [5.41, 5.74) is 2.76. The van der Waals surface area contributed by atoms with Gasteiger partial charge in [-0.05, 0) is 18.8 Å². The highest BCUT2D eigenvalue weighted by Gasteiger charge is 2.21. The van der Waals surface area contributed by atoms with Crippen molar-refractivity contribution in [2.24, 2.45) is 5.92 Å². The number of rotatable bonds is 4. The summed E-state index contributed by atoms with van der Waals surface area (Å²) in [5.74, 6) is 0.361. The van der Waals surface area contributed by atoms with E-state index < -0.39 is 0 Å². The molecule has 13 heavy (non-hydrogen) atoms. The fraction of sp³-hybridized carbons (Fsp3) is 0.500. The molecule has 1 aliphatic carbocycles. The van der Waals surface area contributed by atoms with Gasteiger partial charge in [-0.1, -0.05) is 0 Å². The Morgan fingerprint density at radius 2 is 2.62 bits per heavy atom. The van der Waals surface area contributed by atoms with Crippen molar-refractivity contribution in [3.63, 3.8) is 0 Å². The number of carbonyl (C=O) groups excluding carboxylic acids is 1. The van der Waals surface area contributed by atoms with E-state index in [1.165, 1.54) is 25.4 Å². The van der Waals surface area contributed by atoms with Gasteiger partial charge in [0.05, 0.1) is 19.1 Å². The Morgan fingerprint density at radius 3 is 3.23 bits per heavy atom. The quantitative estimate of drug-likeness (QED) is 0.664. The van der Waals surface area contributed by atoms with Crippen LogP contribution in [0.15, 0.2) is 12.5 Å². The molecule has 1 saturated carbocycles. The van der Waals surface area contributed by atoms with Gasteiger partial charge in [0, 0.05) is 0 Å². The van der Waals surface area contributed by atoms with Gasteiger partial charge >= 0.3 is 0 Å². The standard InChI is InChI=1S/C8H11N3O2/c12-8(7-3-9-5-10-7)11-13-4-6-1-2-6/h3,5-6H,1-2,4H2,(H,9,10)(H,11,12). The summed E-state index contributed by atoms with van der Waals surface area (Å²) in [7, 11) is 0. The first-order chi connectivity index (χ1) is 6.36. The zero-order chi connectivity index (χ0) is 9.10. The normalized spacial score (nSPS) is 15.7. The second kappa shape index (κ2) is 3.57. The molecule has 1 aliphatic rings. The summed E-state index contributed by atoms with van der Waals surface area (Å²) >= 11 is 0. The van der Waals surface area contributed by atoms with Crippen LogP contribution in [0.3, 0.4) is 0 Å². The van der Waals surface area contributed by atoms with Crippen molar-refractivity contribution in [1.82, 2.24) is 15.4 Å². The van der Waals surface area contributed by atoms with Crippen LogP contribution in [0.25, 0.3) is 0 Å². The van der Waals surface area contributed by atoms with Gasteiger partial charge in [0.2, 0.25) is 0 Å². The summed E-state index contributed by atoms with van der Waals surface area (Å²) < 4.78 is 0. The largest absolute Gasteiger partial charge is 0.341 e. The summed E-state index contributed by atoms with van der Waals surface area (Å²) in [4.78, 5) is 22.6. The van der Waals surface area contributed by atoms with Crippen LogP contribution >= 0.6 is 0 Å². The van der Waals surface area contributed by atoms with Crippen LogP contribution in [0.2, 0.25) is 0 Å². The minimum Gasteiger partial charge on any atom is -0.341 e. The molecule has 0 atom stereocenters. The first-order valence-corrected chi connectivity index (χ1v) is 4.27. The number of H-pyrrole nitrogens is 1. The number of aromatic nitrogens is 2. The molecule has 0 unspecified atom stereocenters. The van der Waals surface area contributed by atoms with Crippen LogP contribution in [0.1, 0.15) is 23.3 Å². The lowest BCUT2D eigenvalue weighted by Crippen LogP contribution is -2.24. The average molecular weight is 181 g/mol. The van der Waals surface area contributed by atoms with Crippen LogP contribution in [0, 0.1) is 5.92 Å². The maximum Gasteiger partial charge on any atom is 0.292 e. The number of carbonyl (C=O) groups is 1. The Bertz CT molecular complexity index is 280. The second-order valence-corrected chi connectivity index (χ2v) is 3.15. The van der Waals surface area contributed by atoms with Crippen molar-refractivity contribution in [1.29, 1.82) is 0 Å². The average Bonchev–Trinajstić information content (AvgIpc) is 2.80. The minimum absolute atomic E-state index is 0.279. The summed E-state index contributed by atoms with van der Waals surface area (Å²) in [6.07, 6.45) is 5.32. The Kier molecular flexibility index (Phi) is 2.27. The Hall–Kier alpha value is -1.36. The van der Waals surface area contributed by atoms with Crippen LogP contribution in [0.4, 0.5) is 0 Å². The highest BCUT2D eigenvalue weighted by Crippen LogP contribution is 2.28. The zero-order valence-electron chi connectivity index (χ0n) is 7.12. The van der Waals surface area contributed by atoms with Crippen molar-refractivity contribution >= 4 is 5.91 Å². The molecule has 5 nitrogen and oxygen atoms in total. The van der Waals surface area contributed by atoms with E-state index in [1.807, 2.05) is 0 Å². The highest BCUT2D eigenvalue weighted by atomic mass is 16.7. The molecular weight excluding hydrogens is 170 g/mol. The van der Waals surface area contributed by atoms with Gasteiger partial charge in [0.25, 0.3) is 5.91 Å². The van der Waals surface area contributed by atoms with Crippen molar-refractivity contribution in [3.05, 3.63) is 18.2 Å². The lowest BCUT2D eigenvalue weighted by Gasteiger charge is -2.02. The second-order valence-electron chi connectivity index (χ2n) is 3.15. The van der Waals surface area contributed by atoms with E-state index in [1.54, 1.807) is 0 Å². The molecule has 0 spiro atoms. The van der Waals surface area contributed by atoms with E-state index in [-0.39, 0.29) is 5.91 Å². The van der Waals surface area contributed by atoms with Gasteiger partial charge in [-0.2, -0.15) is 0 Å². The first kappa shape index (κ1) is 8.25. The number of nitrogens with zero attached hydrogens (tertiary/aromatic N) is 1. The first-order valence-electron chi connectivity index (χ1n) is 4.27. The molecule has 0 saturated heterocycles. The smallest absolute Gasteiger partial charge is 0.292 e. The van der Waals surface area contributed by atoms with E-state index in [0.717, 1.165) is 0 Å². The van der Waals surface area contributed by atoms with E-state index in [0.29, 0.717) is 18.2 Å². The minimum atomic E-state index is -0.279. The van der Waals surface area contributed by atoms with Gasteiger partial charge in [0.15, 0.2) is 0 Å². The molecule has 0 aliphatic heterocycles. The molecule has 0 radical (unpaired) electrons. The Labute approximate surface area is 75.5 Å². The van der Waals surface area contributed by atoms with E-state index in [4.69, 9.17) is 4.84 Å². The maximum absolute atomic E-state index is 11.2. The number of hydrogen-bond acceptors (Lipinski definition) is 3. The third kappa shape index (κ3) is 2.29. The van der Waals surface area contributed by atoms with Gasteiger partial charge in [-0.3, -0.25) is 9.63 Å². The fourth-order valence-electron chi connectivity index (χ4n) is 0.945. The number of hydrogen-bond donors (Lipinski definition) is 2. The zero-order valence-corrected chi connectivity index (χ0v) is 7.12. The molecule has 1 aromatic heterocycles. The lowest BCUT2D eigenvalue weighted by atomic mass is 10.5. The number of hydroxylamine groups is 1. The van der Waals surface area contributed by atoms with Crippen molar-refractivity contribution < 1.29 is 9.63 Å². The van der Waals surface area contributed by atoms with Gasteiger partial charge < -0.3 is 4.98 Å². The van der Waals surface area contributed by atoms with Crippen LogP contribution < -0.4 is 5.48 Å². The molecule has 1 aromatic rings. The molecular formula is C8H11N3O2. The van der Waals surface area contributed by atoms with Crippen LogP contribution in [-0.2, 0) is 4.84 Å². The summed E-state index contributed by atoms with van der Waals surface area (Å²) in [6.45, 7) is 0.611. The number of imidazole rings is 1. The number of aromatic amines is 1. The van der Waals surface area contributed by atoms with Crippen LogP contribution in [-0.4, -0.2) is 22.5 Å². The lowest BCUT2D eigenvalue weighted by molar-refractivity contribution is 0.0266. The third-order valence-corrected chi connectivity index (χ3v) is 1.92. The van der Waals surface area contributed by atoms with Crippen LogP contribution in [0.5, 0.6) is 0 Å².